The van der Waals surface area contributed by atoms with Crippen LogP contribution in [0.2, 0.25) is 0 Å². The zero-order chi connectivity index (χ0) is 4.28. The Morgan fingerprint density at radius 3 is 1.83 bits per heavy atom. The van der Waals surface area contributed by atoms with Gasteiger partial charge in [0.15, 0.2) is 0 Å². The van der Waals surface area contributed by atoms with Crippen molar-refractivity contribution in [3.63, 3.8) is 0 Å². The van der Waals surface area contributed by atoms with Crippen LogP contribution >= 0.6 is 24.0 Å². The molecule has 0 saturated carbocycles. The number of rotatable bonds is 1. The molecule has 0 aromatic carbocycles. The summed E-state index contributed by atoms with van der Waals surface area (Å²) in [6, 6.07) is 0.162. The molecule has 3 heteroatoms. The maximum Gasteiger partial charge on any atom is 0.0134 e. The molecule has 4 N–H and O–H groups in total. The van der Waals surface area contributed by atoms with Crippen LogP contribution in [0.3, 0.4) is 0 Å². The van der Waals surface area contributed by atoms with E-state index in [9.17, 15) is 0 Å². The molecule has 0 aliphatic carbocycles. The van der Waals surface area contributed by atoms with Gasteiger partial charge in [-0.3, -0.25) is 0 Å². The van der Waals surface area contributed by atoms with Gasteiger partial charge in [0, 0.05) is 12.6 Å². The number of hydrogen-bond acceptors (Lipinski definition) is 2. The summed E-state index contributed by atoms with van der Waals surface area (Å²) in [6.07, 6.45) is 0. The van der Waals surface area contributed by atoms with E-state index in [1.54, 1.807) is 0 Å². The highest BCUT2D eigenvalue weighted by Crippen LogP contribution is 1.59. The Balaban J connectivity index is 0. The van der Waals surface area contributed by atoms with Crippen LogP contribution in [0.15, 0.2) is 0 Å². The minimum atomic E-state index is 0. The van der Waals surface area contributed by atoms with Crippen molar-refractivity contribution >= 4 is 24.0 Å². The average molecular weight is 202 g/mol. The van der Waals surface area contributed by atoms with Gasteiger partial charge >= 0.3 is 0 Å². The summed E-state index contributed by atoms with van der Waals surface area (Å²) in [7, 11) is 0. The first-order valence-electron chi connectivity index (χ1n) is 1.73. The van der Waals surface area contributed by atoms with Gasteiger partial charge in [0.05, 0.1) is 0 Å². The Hall–Kier alpha value is 0.650. The lowest BCUT2D eigenvalue weighted by Crippen LogP contribution is -2.25. The molecule has 0 heterocycles. The third kappa shape index (κ3) is 8.82. The molecule has 0 aliphatic rings. The van der Waals surface area contributed by atoms with Gasteiger partial charge in [-0.15, -0.1) is 24.0 Å². The Kier molecular flexibility index (Phi) is 9.25. The van der Waals surface area contributed by atoms with E-state index in [-0.39, 0.29) is 30.0 Å². The van der Waals surface area contributed by atoms with Crippen LogP contribution in [-0.4, -0.2) is 12.6 Å². The van der Waals surface area contributed by atoms with Crippen molar-refractivity contribution in [2.45, 2.75) is 13.0 Å². The van der Waals surface area contributed by atoms with Gasteiger partial charge in [0.25, 0.3) is 0 Å². The van der Waals surface area contributed by atoms with E-state index in [2.05, 4.69) is 0 Å². The van der Waals surface area contributed by atoms with Crippen LogP contribution in [0.5, 0.6) is 0 Å². The summed E-state index contributed by atoms with van der Waals surface area (Å²) in [4.78, 5) is 0. The second-order valence-electron chi connectivity index (χ2n) is 1.21. The minimum absolute atomic E-state index is 0. The molecule has 0 saturated heterocycles. The van der Waals surface area contributed by atoms with Crippen LogP contribution in [0, 0.1) is 0 Å². The van der Waals surface area contributed by atoms with E-state index < -0.39 is 0 Å². The van der Waals surface area contributed by atoms with E-state index >= 15 is 0 Å². The maximum atomic E-state index is 5.17. The molecule has 0 fully saturated rings. The normalized spacial score (nSPS) is 12.5. The van der Waals surface area contributed by atoms with Crippen molar-refractivity contribution in [3.05, 3.63) is 0 Å². The molecule has 1 unspecified atom stereocenters. The van der Waals surface area contributed by atoms with Crippen molar-refractivity contribution in [1.82, 2.24) is 0 Å². The van der Waals surface area contributed by atoms with Crippen molar-refractivity contribution in [2.24, 2.45) is 11.5 Å². The standard InChI is InChI=1S/C3H10N2.HI/c1-3(5)2-4;/h3H,2,4-5H2,1H3;1H. The van der Waals surface area contributed by atoms with Gasteiger partial charge in [0.2, 0.25) is 0 Å². The molecule has 0 spiro atoms. The molecular weight excluding hydrogens is 191 g/mol. The van der Waals surface area contributed by atoms with Gasteiger partial charge in [0.1, 0.15) is 0 Å². The molecule has 0 rings (SSSR count). The van der Waals surface area contributed by atoms with Crippen LogP contribution in [0.4, 0.5) is 0 Å². The van der Waals surface area contributed by atoms with Gasteiger partial charge in [-0.2, -0.15) is 0 Å². The number of nitrogens with two attached hydrogens (primary N) is 2. The highest BCUT2D eigenvalue weighted by atomic mass is 127. The zero-order valence-electron chi connectivity index (χ0n) is 3.85. The molecule has 0 bridgehead atoms. The molecule has 0 radical (unpaired) electrons. The molecule has 0 aromatic heterocycles. The zero-order valence-corrected chi connectivity index (χ0v) is 6.18. The second kappa shape index (κ2) is 5.65. The maximum absolute atomic E-state index is 5.17. The van der Waals surface area contributed by atoms with Crippen LogP contribution in [0.25, 0.3) is 0 Å². The highest BCUT2D eigenvalue weighted by Gasteiger charge is 1.79. The first kappa shape index (κ1) is 9.82. The first-order chi connectivity index (χ1) is 2.27. The van der Waals surface area contributed by atoms with E-state index in [1.165, 1.54) is 0 Å². The quantitative estimate of drug-likeness (QED) is 0.584. The number of hydrogen-bond donors (Lipinski definition) is 2. The average Bonchev–Trinajstić information content (AvgIpc) is 1.38. The lowest BCUT2D eigenvalue weighted by atomic mass is 10.4. The molecular formula is C3H11IN2. The monoisotopic (exact) mass is 202 g/mol. The van der Waals surface area contributed by atoms with E-state index in [0.29, 0.717) is 6.54 Å². The lowest BCUT2D eigenvalue weighted by molar-refractivity contribution is 0.752. The summed E-state index contributed by atoms with van der Waals surface area (Å²) < 4.78 is 0. The number of halogens is 1. The Bertz CT molecular complexity index is 22.8. The Morgan fingerprint density at radius 2 is 1.83 bits per heavy atom. The van der Waals surface area contributed by atoms with Gasteiger partial charge < -0.3 is 11.5 Å². The molecule has 0 amide bonds. The minimum Gasteiger partial charge on any atom is -0.329 e. The molecule has 2 nitrogen and oxygen atoms in total. The van der Waals surface area contributed by atoms with E-state index in [0.717, 1.165) is 0 Å². The lowest BCUT2D eigenvalue weighted by Gasteiger charge is -1.92. The smallest absolute Gasteiger partial charge is 0.0134 e. The fourth-order valence-corrected chi connectivity index (χ4v) is 0. The third-order valence-electron chi connectivity index (χ3n) is 0.372. The largest absolute Gasteiger partial charge is 0.329 e. The predicted octanol–water partition coefficient (Wildman–Crippen LogP) is -0.0897. The SMILES string of the molecule is CC(N)CN.I. The molecule has 0 aromatic rings. The van der Waals surface area contributed by atoms with E-state index in [4.69, 9.17) is 11.5 Å². The summed E-state index contributed by atoms with van der Waals surface area (Å²) >= 11 is 0. The van der Waals surface area contributed by atoms with Crippen molar-refractivity contribution in [3.8, 4) is 0 Å². The molecule has 1 atom stereocenters. The molecule has 6 heavy (non-hydrogen) atoms. The van der Waals surface area contributed by atoms with Crippen LogP contribution < -0.4 is 11.5 Å². The van der Waals surface area contributed by atoms with Crippen LogP contribution in [0.1, 0.15) is 6.92 Å². The van der Waals surface area contributed by atoms with Crippen molar-refractivity contribution in [1.29, 1.82) is 0 Å². The summed E-state index contributed by atoms with van der Waals surface area (Å²) in [5.41, 5.74) is 10.2. The van der Waals surface area contributed by atoms with Gasteiger partial charge in [-0.25, -0.2) is 0 Å². The third-order valence-corrected chi connectivity index (χ3v) is 0.372. The Labute approximate surface area is 55.3 Å². The molecule has 0 aliphatic heterocycles. The Morgan fingerprint density at radius 1 is 1.67 bits per heavy atom. The van der Waals surface area contributed by atoms with Crippen molar-refractivity contribution in [2.75, 3.05) is 6.54 Å². The molecule has 40 valence electrons. The van der Waals surface area contributed by atoms with Gasteiger partial charge in [-0.1, -0.05) is 0 Å². The summed E-state index contributed by atoms with van der Waals surface area (Å²) in [5.74, 6) is 0. The fourth-order valence-electron chi connectivity index (χ4n) is 0. The predicted molar refractivity (Wildman–Crippen MR) is 38.1 cm³/mol. The topological polar surface area (TPSA) is 52.0 Å². The van der Waals surface area contributed by atoms with Crippen LogP contribution in [-0.2, 0) is 0 Å². The fraction of sp³-hybridized carbons (Fsp3) is 1.00. The highest BCUT2D eigenvalue weighted by molar-refractivity contribution is 14.0. The van der Waals surface area contributed by atoms with Gasteiger partial charge in [-0.05, 0) is 6.92 Å². The summed E-state index contributed by atoms with van der Waals surface area (Å²) in [5, 5.41) is 0. The van der Waals surface area contributed by atoms with Crippen molar-refractivity contribution < 1.29 is 0 Å². The van der Waals surface area contributed by atoms with E-state index in [1.807, 2.05) is 6.92 Å². The first-order valence-corrected chi connectivity index (χ1v) is 1.73. The second-order valence-corrected chi connectivity index (χ2v) is 1.21. The summed E-state index contributed by atoms with van der Waals surface area (Å²) in [6.45, 7) is 2.46.